The lowest BCUT2D eigenvalue weighted by Gasteiger charge is -2.12. The Morgan fingerprint density at radius 3 is 2.35 bits per heavy atom. The van der Waals surface area contributed by atoms with Gasteiger partial charge in [0.15, 0.2) is 0 Å². The highest BCUT2D eigenvalue weighted by Crippen LogP contribution is 2.33. The zero-order valence-electron chi connectivity index (χ0n) is 11.7. The molecule has 0 unspecified atom stereocenters. The summed E-state index contributed by atoms with van der Waals surface area (Å²) >= 11 is 3.50. The van der Waals surface area contributed by atoms with Crippen LogP contribution in [0.1, 0.15) is 11.1 Å². The third kappa shape index (κ3) is 2.20. The number of hydrogen-bond donors (Lipinski definition) is 0. The van der Waals surface area contributed by atoms with Crippen LogP contribution in [-0.4, -0.2) is 42.9 Å². The molecule has 106 valence electrons. The van der Waals surface area contributed by atoms with Crippen LogP contribution in [0.2, 0.25) is 0 Å². The van der Waals surface area contributed by atoms with E-state index in [0.717, 1.165) is 20.5 Å². The lowest BCUT2D eigenvalue weighted by Crippen LogP contribution is -2.27. The number of rotatable bonds is 2. The summed E-state index contributed by atoms with van der Waals surface area (Å²) in [5, 5.41) is 0. The third-order valence-electron chi connectivity index (χ3n) is 3.29. The van der Waals surface area contributed by atoms with Crippen molar-refractivity contribution >= 4 is 33.9 Å². The summed E-state index contributed by atoms with van der Waals surface area (Å²) in [6.45, 7) is 1.95. The van der Waals surface area contributed by atoms with Crippen LogP contribution in [0, 0.1) is 6.92 Å². The largest absolute Gasteiger partial charge is 0.496 e. The van der Waals surface area contributed by atoms with Crippen LogP contribution < -0.4 is 4.74 Å². The van der Waals surface area contributed by atoms with Gasteiger partial charge < -0.3 is 4.74 Å². The van der Waals surface area contributed by atoms with Gasteiger partial charge in [0.05, 0.1) is 7.11 Å². The highest BCUT2D eigenvalue weighted by atomic mass is 79.9. The summed E-state index contributed by atoms with van der Waals surface area (Å²) < 4.78 is 6.15. The number of urea groups is 1. The van der Waals surface area contributed by atoms with Gasteiger partial charge in [-0.05, 0) is 40.6 Å². The van der Waals surface area contributed by atoms with Crippen molar-refractivity contribution < 1.29 is 14.3 Å². The molecule has 6 heteroatoms. The SMILES string of the molecule is COc1ccc(C)c(Br)c1C=C1C(=O)N(C)C(=O)N1C. The Bertz CT molecular complexity index is 625. The molecule has 5 nitrogen and oxygen atoms in total. The summed E-state index contributed by atoms with van der Waals surface area (Å²) in [6.07, 6.45) is 1.67. The number of likely N-dealkylation sites (N-methyl/N-ethyl adjacent to an activating group) is 2. The van der Waals surface area contributed by atoms with E-state index in [-0.39, 0.29) is 11.9 Å². The van der Waals surface area contributed by atoms with Crippen LogP contribution in [-0.2, 0) is 4.79 Å². The normalized spacial score (nSPS) is 17.4. The van der Waals surface area contributed by atoms with E-state index < -0.39 is 0 Å². The molecular weight excluding hydrogens is 324 g/mol. The lowest BCUT2D eigenvalue weighted by atomic mass is 10.1. The van der Waals surface area contributed by atoms with Gasteiger partial charge in [-0.3, -0.25) is 14.6 Å². The van der Waals surface area contributed by atoms with Crippen molar-refractivity contribution in [1.29, 1.82) is 0 Å². The number of hydrogen-bond acceptors (Lipinski definition) is 3. The van der Waals surface area contributed by atoms with Crippen LogP contribution >= 0.6 is 15.9 Å². The van der Waals surface area contributed by atoms with E-state index in [1.165, 1.54) is 11.9 Å². The molecule has 20 heavy (non-hydrogen) atoms. The van der Waals surface area contributed by atoms with Crippen LogP contribution in [0.3, 0.4) is 0 Å². The summed E-state index contributed by atoms with van der Waals surface area (Å²) in [7, 11) is 4.60. The minimum atomic E-state index is -0.344. The van der Waals surface area contributed by atoms with Gasteiger partial charge in [-0.1, -0.05) is 6.07 Å². The van der Waals surface area contributed by atoms with Gasteiger partial charge >= 0.3 is 6.03 Å². The predicted octanol–water partition coefficient (Wildman–Crippen LogP) is 2.63. The van der Waals surface area contributed by atoms with Crippen molar-refractivity contribution in [3.8, 4) is 5.75 Å². The molecule has 0 aliphatic carbocycles. The van der Waals surface area contributed by atoms with E-state index in [1.54, 1.807) is 20.2 Å². The topological polar surface area (TPSA) is 49.9 Å². The van der Waals surface area contributed by atoms with E-state index in [4.69, 9.17) is 4.74 Å². The third-order valence-corrected chi connectivity index (χ3v) is 4.35. The Balaban J connectivity index is 2.59. The fourth-order valence-corrected chi connectivity index (χ4v) is 2.46. The van der Waals surface area contributed by atoms with Crippen LogP contribution in [0.15, 0.2) is 22.3 Å². The molecule has 1 aliphatic heterocycles. The Kier molecular flexibility index (Phi) is 3.85. The molecule has 0 bridgehead atoms. The minimum absolute atomic E-state index is 0.321. The molecule has 0 radical (unpaired) electrons. The van der Waals surface area contributed by atoms with E-state index in [2.05, 4.69) is 15.9 Å². The number of amides is 3. The van der Waals surface area contributed by atoms with Crippen LogP contribution in [0.25, 0.3) is 6.08 Å². The number of carbonyl (C=O) groups excluding carboxylic acids is 2. The van der Waals surface area contributed by atoms with E-state index in [1.807, 2.05) is 19.1 Å². The maximum atomic E-state index is 12.1. The molecule has 0 aromatic heterocycles. The quantitative estimate of drug-likeness (QED) is 0.615. The summed E-state index contributed by atoms with van der Waals surface area (Å²) in [5.41, 5.74) is 2.08. The van der Waals surface area contributed by atoms with Crippen molar-refractivity contribution in [3.05, 3.63) is 33.4 Å². The second-order valence-electron chi connectivity index (χ2n) is 4.55. The first-order chi connectivity index (χ1) is 9.38. The number of methoxy groups -OCH3 is 1. The number of carbonyl (C=O) groups is 2. The molecule has 1 aromatic carbocycles. The first-order valence-corrected chi connectivity index (χ1v) is 6.78. The van der Waals surface area contributed by atoms with Crippen LogP contribution in [0.4, 0.5) is 4.79 Å². The summed E-state index contributed by atoms with van der Waals surface area (Å²) in [4.78, 5) is 26.3. The molecule has 1 heterocycles. The van der Waals surface area contributed by atoms with Gasteiger partial charge in [-0.15, -0.1) is 0 Å². The van der Waals surface area contributed by atoms with Crippen molar-refractivity contribution in [2.75, 3.05) is 21.2 Å². The summed E-state index contributed by atoms with van der Waals surface area (Å²) in [5.74, 6) is 0.311. The zero-order valence-corrected chi connectivity index (χ0v) is 13.3. The Morgan fingerprint density at radius 2 is 1.85 bits per heavy atom. The Labute approximate surface area is 125 Å². The zero-order chi connectivity index (χ0) is 15.0. The number of halogens is 1. The van der Waals surface area contributed by atoms with Crippen LogP contribution in [0.5, 0.6) is 5.75 Å². The van der Waals surface area contributed by atoms with Gasteiger partial charge in [-0.2, -0.15) is 0 Å². The standard InChI is InChI=1S/C14H15BrN2O3/c1-8-5-6-11(20-4)9(12(8)15)7-10-13(18)17(3)14(19)16(10)2/h5-7H,1-4H3. The van der Waals surface area contributed by atoms with Gasteiger partial charge in [0.25, 0.3) is 5.91 Å². The van der Waals surface area contributed by atoms with Crippen molar-refractivity contribution in [3.63, 3.8) is 0 Å². The van der Waals surface area contributed by atoms with Gasteiger partial charge in [0.1, 0.15) is 11.4 Å². The monoisotopic (exact) mass is 338 g/mol. The highest BCUT2D eigenvalue weighted by Gasteiger charge is 2.36. The fourth-order valence-electron chi connectivity index (χ4n) is 2.02. The van der Waals surface area contributed by atoms with E-state index in [9.17, 15) is 9.59 Å². The highest BCUT2D eigenvalue weighted by molar-refractivity contribution is 9.10. The molecule has 3 amide bonds. The van der Waals surface area contributed by atoms with Gasteiger partial charge in [-0.25, -0.2) is 4.79 Å². The first-order valence-electron chi connectivity index (χ1n) is 5.99. The van der Waals surface area contributed by atoms with Crippen molar-refractivity contribution in [2.24, 2.45) is 0 Å². The number of ether oxygens (including phenoxy) is 1. The van der Waals surface area contributed by atoms with E-state index >= 15 is 0 Å². The number of aryl methyl sites for hydroxylation is 1. The number of benzene rings is 1. The molecule has 1 aromatic rings. The average Bonchev–Trinajstić information content (AvgIpc) is 2.61. The smallest absolute Gasteiger partial charge is 0.331 e. The molecule has 0 atom stereocenters. The second kappa shape index (κ2) is 5.28. The Hall–Kier alpha value is -1.82. The molecule has 0 saturated carbocycles. The lowest BCUT2D eigenvalue weighted by molar-refractivity contribution is -0.122. The maximum absolute atomic E-state index is 12.1. The molecule has 1 fully saturated rings. The molecule has 2 rings (SSSR count). The van der Waals surface area contributed by atoms with Gasteiger partial charge in [0, 0.05) is 24.1 Å². The second-order valence-corrected chi connectivity index (χ2v) is 5.34. The summed E-state index contributed by atoms with van der Waals surface area (Å²) in [6, 6.07) is 3.41. The molecule has 0 spiro atoms. The molecule has 0 N–H and O–H groups in total. The predicted molar refractivity (Wildman–Crippen MR) is 79.3 cm³/mol. The first kappa shape index (κ1) is 14.6. The molecular formula is C14H15BrN2O3. The van der Waals surface area contributed by atoms with E-state index in [0.29, 0.717) is 11.4 Å². The minimum Gasteiger partial charge on any atom is -0.496 e. The molecule has 1 aliphatic rings. The number of imide groups is 1. The number of nitrogens with zero attached hydrogens (tertiary/aromatic N) is 2. The average molecular weight is 339 g/mol. The Morgan fingerprint density at radius 1 is 1.20 bits per heavy atom. The van der Waals surface area contributed by atoms with Crippen molar-refractivity contribution in [1.82, 2.24) is 9.80 Å². The maximum Gasteiger partial charge on any atom is 0.331 e. The van der Waals surface area contributed by atoms with Gasteiger partial charge in [0.2, 0.25) is 0 Å². The fraction of sp³-hybridized carbons (Fsp3) is 0.286. The van der Waals surface area contributed by atoms with Crippen molar-refractivity contribution in [2.45, 2.75) is 6.92 Å². The molecule has 1 saturated heterocycles.